The van der Waals surface area contributed by atoms with E-state index in [2.05, 4.69) is 4.99 Å². The van der Waals surface area contributed by atoms with Crippen molar-refractivity contribution in [2.24, 2.45) is 4.99 Å². The molecule has 0 aliphatic carbocycles. The molecule has 0 fully saturated rings. The molecule has 0 aromatic rings. The number of esters is 1. The predicted octanol–water partition coefficient (Wildman–Crippen LogP) is 1.00. The number of hydrogen-bond donors (Lipinski definition) is 0. The molecule has 0 aromatic carbocycles. The molecule has 0 N–H and O–H groups in total. The summed E-state index contributed by atoms with van der Waals surface area (Å²) in [5.41, 5.74) is 0.0147. The fourth-order valence-electron chi connectivity index (χ4n) is 0.853. The summed E-state index contributed by atoms with van der Waals surface area (Å²) in [4.78, 5) is 15.0. The van der Waals surface area contributed by atoms with Crippen LogP contribution in [0.4, 0.5) is 0 Å². The van der Waals surface area contributed by atoms with Crippen molar-refractivity contribution < 1.29 is 9.53 Å². The molecule has 0 amide bonds. The van der Waals surface area contributed by atoms with Crippen molar-refractivity contribution >= 4 is 23.3 Å². The second kappa shape index (κ2) is 2.81. The Morgan fingerprint density at radius 1 is 1.73 bits per heavy atom. The molecular weight excluding hydrogens is 166 g/mol. The predicted molar refractivity (Wildman–Crippen MR) is 43.2 cm³/mol. The maximum atomic E-state index is 10.9. The number of ether oxygens (including phenoxy) is 1. The summed E-state index contributed by atoms with van der Waals surface area (Å²) in [6.07, 6.45) is 0. The first kappa shape index (κ1) is 8.53. The first-order chi connectivity index (χ1) is 5.05. The van der Waals surface area contributed by atoms with Crippen molar-refractivity contribution in [2.45, 2.75) is 19.4 Å². The van der Waals surface area contributed by atoms with Crippen molar-refractivity contribution in [2.75, 3.05) is 12.5 Å². The first-order valence-electron chi connectivity index (χ1n) is 3.37. The highest BCUT2D eigenvalue weighted by Crippen LogP contribution is 2.15. The number of carbonyl (C=O) groups excluding carboxylic acids is 1. The summed E-state index contributed by atoms with van der Waals surface area (Å²) in [6.45, 7) is 4.13. The lowest BCUT2D eigenvalue weighted by molar-refractivity contribution is -0.138. The third-order valence-corrected chi connectivity index (χ3v) is 1.61. The Kier molecular flexibility index (Phi) is 2.18. The van der Waals surface area contributed by atoms with E-state index < -0.39 is 0 Å². The summed E-state index contributed by atoms with van der Waals surface area (Å²) >= 11 is 5.47. The largest absolute Gasteiger partial charge is 0.459 e. The van der Waals surface area contributed by atoms with Crippen molar-refractivity contribution in [3.8, 4) is 0 Å². The van der Waals surface area contributed by atoms with Gasteiger partial charge in [-0.2, -0.15) is 0 Å². The van der Waals surface area contributed by atoms with Gasteiger partial charge >= 0.3 is 5.97 Å². The van der Waals surface area contributed by atoms with Crippen LogP contribution in [0.2, 0.25) is 0 Å². The smallest absolute Gasteiger partial charge is 0.353 e. The van der Waals surface area contributed by atoms with Crippen LogP contribution in [0.5, 0.6) is 0 Å². The van der Waals surface area contributed by atoms with Gasteiger partial charge in [-0.15, -0.1) is 11.6 Å². The standard InChI is InChI=1S/C7H10ClNO2/c1-7(2)4-11-6(10)5(3-8)9-7/h3-4H2,1-2H3. The van der Waals surface area contributed by atoms with Gasteiger partial charge < -0.3 is 4.74 Å². The molecule has 0 saturated heterocycles. The second-order valence-electron chi connectivity index (χ2n) is 3.08. The molecule has 1 aliphatic rings. The summed E-state index contributed by atoms with van der Waals surface area (Å²) in [5.74, 6) is -0.262. The zero-order chi connectivity index (χ0) is 8.48. The van der Waals surface area contributed by atoms with E-state index in [9.17, 15) is 4.79 Å². The minimum atomic E-state index is -0.390. The zero-order valence-corrected chi connectivity index (χ0v) is 7.31. The third-order valence-electron chi connectivity index (χ3n) is 1.36. The summed E-state index contributed by atoms with van der Waals surface area (Å²) < 4.78 is 4.84. The van der Waals surface area contributed by atoms with Crippen molar-refractivity contribution in [1.29, 1.82) is 0 Å². The van der Waals surface area contributed by atoms with E-state index in [4.69, 9.17) is 16.3 Å². The Labute approximate surface area is 70.4 Å². The van der Waals surface area contributed by atoms with E-state index >= 15 is 0 Å². The van der Waals surface area contributed by atoms with Crippen LogP contribution < -0.4 is 0 Å². The molecule has 0 unspecified atom stereocenters. The van der Waals surface area contributed by atoms with Gasteiger partial charge in [0.25, 0.3) is 0 Å². The molecule has 0 spiro atoms. The van der Waals surface area contributed by atoms with Gasteiger partial charge in [0.2, 0.25) is 0 Å². The monoisotopic (exact) mass is 175 g/mol. The molecule has 0 atom stereocenters. The molecular formula is C7H10ClNO2. The normalized spacial score (nSPS) is 22.5. The maximum Gasteiger partial charge on any atom is 0.353 e. The lowest BCUT2D eigenvalue weighted by Gasteiger charge is -2.25. The van der Waals surface area contributed by atoms with E-state index in [1.165, 1.54) is 0 Å². The van der Waals surface area contributed by atoms with Gasteiger partial charge in [-0.1, -0.05) is 0 Å². The number of aliphatic imine (C=N–C) groups is 1. The number of cyclic esters (lactones) is 1. The number of halogens is 1. The van der Waals surface area contributed by atoms with Gasteiger partial charge in [-0.3, -0.25) is 4.99 Å². The van der Waals surface area contributed by atoms with Crippen LogP contribution in [-0.4, -0.2) is 29.7 Å². The minimum absolute atomic E-state index is 0.127. The quantitative estimate of drug-likeness (QED) is 0.441. The van der Waals surface area contributed by atoms with E-state index in [1.54, 1.807) is 0 Å². The number of hydrogen-bond acceptors (Lipinski definition) is 3. The Bertz CT molecular complexity index is 210. The Balaban J connectivity index is 2.86. The van der Waals surface area contributed by atoms with Crippen LogP contribution in [0.25, 0.3) is 0 Å². The molecule has 0 bridgehead atoms. The minimum Gasteiger partial charge on any atom is -0.459 e. The molecule has 1 rings (SSSR count). The summed E-state index contributed by atoms with van der Waals surface area (Å²) in [7, 11) is 0. The highest BCUT2D eigenvalue weighted by Gasteiger charge is 2.28. The van der Waals surface area contributed by atoms with E-state index in [0.29, 0.717) is 12.3 Å². The lowest BCUT2D eigenvalue weighted by atomic mass is 10.1. The van der Waals surface area contributed by atoms with Gasteiger partial charge in [0.15, 0.2) is 0 Å². The van der Waals surface area contributed by atoms with Gasteiger partial charge in [0, 0.05) is 0 Å². The highest BCUT2D eigenvalue weighted by molar-refractivity contribution is 6.47. The summed E-state index contributed by atoms with van der Waals surface area (Å²) in [5, 5.41) is 0. The molecule has 11 heavy (non-hydrogen) atoms. The van der Waals surface area contributed by atoms with Gasteiger partial charge in [-0.25, -0.2) is 4.79 Å². The zero-order valence-electron chi connectivity index (χ0n) is 6.56. The Morgan fingerprint density at radius 2 is 2.36 bits per heavy atom. The molecule has 1 heterocycles. The highest BCUT2D eigenvalue weighted by atomic mass is 35.5. The Hall–Kier alpha value is -0.570. The van der Waals surface area contributed by atoms with Gasteiger partial charge in [0.1, 0.15) is 12.3 Å². The SMILES string of the molecule is CC1(C)COC(=O)C(CCl)=N1. The molecule has 1 aliphatic heterocycles. The molecule has 0 radical (unpaired) electrons. The van der Waals surface area contributed by atoms with E-state index in [0.717, 1.165) is 0 Å². The Morgan fingerprint density at radius 3 is 2.82 bits per heavy atom. The number of alkyl halides is 1. The van der Waals surface area contributed by atoms with E-state index in [1.807, 2.05) is 13.8 Å². The van der Waals surface area contributed by atoms with Crippen molar-refractivity contribution in [3.05, 3.63) is 0 Å². The van der Waals surface area contributed by atoms with Crippen LogP contribution in [0.1, 0.15) is 13.8 Å². The van der Waals surface area contributed by atoms with Crippen LogP contribution in [0.3, 0.4) is 0 Å². The van der Waals surface area contributed by atoms with Crippen LogP contribution in [0, 0.1) is 0 Å². The topological polar surface area (TPSA) is 38.7 Å². The third kappa shape index (κ3) is 1.93. The van der Waals surface area contributed by atoms with Gasteiger partial charge in [-0.05, 0) is 13.8 Å². The second-order valence-corrected chi connectivity index (χ2v) is 3.35. The molecule has 3 nitrogen and oxygen atoms in total. The average molecular weight is 176 g/mol. The molecule has 4 heteroatoms. The van der Waals surface area contributed by atoms with Crippen LogP contribution >= 0.6 is 11.6 Å². The van der Waals surface area contributed by atoms with Crippen molar-refractivity contribution in [1.82, 2.24) is 0 Å². The lowest BCUT2D eigenvalue weighted by Crippen LogP contribution is -2.37. The van der Waals surface area contributed by atoms with Crippen molar-refractivity contribution in [3.63, 3.8) is 0 Å². The number of rotatable bonds is 1. The molecule has 0 saturated carbocycles. The fourth-order valence-corrected chi connectivity index (χ4v) is 1.02. The maximum absolute atomic E-state index is 10.9. The van der Waals surface area contributed by atoms with E-state index in [-0.39, 0.29) is 17.4 Å². The number of carbonyl (C=O) groups is 1. The van der Waals surface area contributed by atoms with Gasteiger partial charge in [0.05, 0.1) is 11.4 Å². The fraction of sp³-hybridized carbons (Fsp3) is 0.714. The summed E-state index contributed by atoms with van der Waals surface area (Å²) in [6, 6.07) is 0. The molecule has 62 valence electrons. The average Bonchev–Trinajstić information content (AvgIpc) is 1.94. The number of nitrogens with zero attached hydrogens (tertiary/aromatic N) is 1. The first-order valence-corrected chi connectivity index (χ1v) is 3.90. The molecule has 0 aromatic heterocycles. The van der Waals surface area contributed by atoms with Crippen LogP contribution in [-0.2, 0) is 9.53 Å². The van der Waals surface area contributed by atoms with Crippen LogP contribution in [0.15, 0.2) is 4.99 Å².